The number of hydrogen-bond acceptors (Lipinski definition) is 2. The highest BCUT2D eigenvalue weighted by Gasteiger charge is 2.19. The molecule has 1 atom stereocenters. The first-order chi connectivity index (χ1) is 7.34. The van der Waals surface area contributed by atoms with Gasteiger partial charge in [-0.2, -0.15) is 0 Å². The molecule has 3 nitrogen and oxygen atoms in total. The van der Waals surface area contributed by atoms with Crippen molar-refractivity contribution in [1.29, 1.82) is 0 Å². The fourth-order valence-corrected chi connectivity index (χ4v) is 2.70. The van der Waals surface area contributed by atoms with Crippen LogP contribution in [0.3, 0.4) is 0 Å². The lowest BCUT2D eigenvalue weighted by molar-refractivity contribution is -0.121. The first-order valence-corrected chi connectivity index (χ1v) is 6.34. The van der Waals surface area contributed by atoms with Crippen LogP contribution in [0.2, 0.25) is 0 Å². The van der Waals surface area contributed by atoms with Crippen LogP contribution in [0.4, 0.5) is 0 Å². The van der Waals surface area contributed by atoms with Crippen molar-refractivity contribution in [2.75, 3.05) is 13.1 Å². The third kappa shape index (κ3) is 4.30. The van der Waals surface area contributed by atoms with Crippen LogP contribution in [0.1, 0.15) is 44.9 Å². The third-order valence-corrected chi connectivity index (χ3v) is 3.66. The van der Waals surface area contributed by atoms with Crippen LogP contribution in [0.5, 0.6) is 0 Å². The van der Waals surface area contributed by atoms with Crippen LogP contribution in [-0.4, -0.2) is 25.0 Å². The van der Waals surface area contributed by atoms with E-state index < -0.39 is 0 Å². The Balaban J connectivity index is 0.00000128. The van der Waals surface area contributed by atoms with E-state index in [9.17, 15) is 4.79 Å². The van der Waals surface area contributed by atoms with Crippen LogP contribution < -0.4 is 10.6 Å². The maximum Gasteiger partial charge on any atom is 0.221 e. The second kappa shape index (κ2) is 7.13. The lowest BCUT2D eigenvalue weighted by Gasteiger charge is -2.13. The number of halogens is 1. The molecule has 4 heteroatoms. The summed E-state index contributed by atoms with van der Waals surface area (Å²) in [5.41, 5.74) is 0. The number of carbonyl (C=O) groups excluding carboxylic acids is 1. The average molecular weight is 247 g/mol. The summed E-state index contributed by atoms with van der Waals surface area (Å²) in [5, 5.41) is 6.43. The van der Waals surface area contributed by atoms with E-state index in [-0.39, 0.29) is 18.3 Å². The highest BCUT2D eigenvalue weighted by Crippen LogP contribution is 2.23. The van der Waals surface area contributed by atoms with Crippen molar-refractivity contribution < 1.29 is 4.79 Å². The van der Waals surface area contributed by atoms with Gasteiger partial charge in [0.15, 0.2) is 0 Å². The fourth-order valence-electron chi connectivity index (χ4n) is 2.70. The number of nitrogens with one attached hydrogen (secondary N) is 2. The van der Waals surface area contributed by atoms with Gasteiger partial charge in [0.2, 0.25) is 5.91 Å². The van der Waals surface area contributed by atoms with Crippen molar-refractivity contribution in [3.63, 3.8) is 0 Å². The molecular formula is C12H23ClN2O. The van der Waals surface area contributed by atoms with Gasteiger partial charge in [0, 0.05) is 19.0 Å². The molecule has 0 aromatic carbocycles. The molecule has 1 aliphatic heterocycles. The van der Waals surface area contributed by atoms with Gasteiger partial charge in [-0.25, -0.2) is 0 Å². The predicted octanol–water partition coefficient (Wildman–Crippen LogP) is 1.86. The Morgan fingerprint density at radius 1 is 1.19 bits per heavy atom. The van der Waals surface area contributed by atoms with Crippen LogP contribution in [0, 0.1) is 5.92 Å². The molecule has 0 aromatic rings. The third-order valence-electron chi connectivity index (χ3n) is 3.66. The molecule has 2 fully saturated rings. The Labute approximate surface area is 104 Å². The van der Waals surface area contributed by atoms with Gasteiger partial charge in [-0.05, 0) is 38.1 Å². The zero-order valence-electron chi connectivity index (χ0n) is 9.84. The van der Waals surface area contributed by atoms with Gasteiger partial charge in [-0.1, -0.05) is 12.8 Å². The zero-order chi connectivity index (χ0) is 10.5. The van der Waals surface area contributed by atoms with E-state index in [1.807, 2.05) is 0 Å². The van der Waals surface area contributed by atoms with Gasteiger partial charge in [-0.15, -0.1) is 12.4 Å². The van der Waals surface area contributed by atoms with Gasteiger partial charge < -0.3 is 10.6 Å². The highest BCUT2D eigenvalue weighted by atomic mass is 35.5. The highest BCUT2D eigenvalue weighted by molar-refractivity contribution is 5.85. The molecule has 16 heavy (non-hydrogen) atoms. The van der Waals surface area contributed by atoms with Crippen LogP contribution >= 0.6 is 12.4 Å². The predicted molar refractivity (Wildman–Crippen MR) is 67.9 cm³/mol. The van der Waals surface area contributed by atoms with Gasteiger partial charge in [-0.3, -0.25) is 4.79 Å². The zero-order valence-corrected chi connectivity index (χ0v) is 10.7. The van der Waals surface area contributed by atoms with Crippen molar-refractivity contribution in [1.82, 2.24) is 10.6 Å². The minimum atomic E-state index is 0. The smallest absolute Gasteiger partial charge is 0.221 e. The summed E-state index contributed by atoms with van der Waals surface area (Å²) in [6, 6.07) is 0.438. The first kappa shape index (κ1) is 13.8. The molecule has 0 bridgehead atoms. The molecule has 1 unspecified atom stereocenters. The van der Waals surface area contributed by atoms with E-state index in [4.69, 9.17) is 0 Å². The minimum Gasteiger partial charge on any atom is -0.356 e. The van der Waals surface area contributed by atoms with Crippen LogP contribution in [-0.2, 0) is 4.79 Å². The standard InChI is InChI=1S/C12H22N2O.ClH/c15-12(8-11-6-3-7-13-11)14-9-10-4-1-2-5-10;/h10-11,13H,1-9H2,(H,14,15);1H. The Hall–Kier alpha value is -0.280. The summed E-state index contributed by atoms with van der Waals surface area (Å²) in [4.78, 5) is 11.6. The van der Waals surface area contributed by atoms with Crippen molar-refractivity contribution in [3.05, 3.63) is 0 Å². The molecular weight excluding hydrogens is 224 g/mol. The second-order valence-electron chi connectivity index (χ2n) is 4.95. The van der Waals surface area contributed by atoms with Crippen molar-refractivity contribution >= 4 is 18.3 Å². The number of amides is 1. The van der Waals surface area contributed by atoms with E-state index in [0.29, 0.717) is 12.5 Å². The Bertz CT molecular complexity index is 211. The number of carbonyl (C=O) groups is 1. The maximum absolute atomic E-state index is 11.6. The molecule has 1 heterocycles. The van der Waals surface area contributed by atoms with Gasteiger partial charge in [0.25, 0.3) is 0 Å². The molecule has 1 aliphatic carbocycles. The molecule has 1 saturated heterocycles. The van der Waals surface area contributed by atoms with Crippen molar-refractivity contribution in [2.24, 2.45) is 5.92 Å². The fraction of sp³-hybridized carbons (Fsp3) is 0.917. The van der Waals surface area contributed by atoms with E-state index in [0.717, 1.165) is 25.4 Å². The summed E-state index contributed by atoms with van der Waals surface area (Å²) in [7, 11) is 0. The second-order valence-corrected chi connectivity index (χ2v) is 4.95. The van der Waals surface area contributed by atoms with Gasteiger partial charge >= 0.3 is 0 Å². The minimum absolute atomic E-state index is 0. The average Bonchev–Trinajstić information content (AvgIpc) is 2.86. The van der Waals surface area contributed by atoms with Crippen LogP contribution in [0.15, 0.2) is 0 Å². The number of rotatable bonds is 4. The maximum atomic E-state index is 11.6. The molecule has 94 valence electrons. The molecule has 2 N–H and O–H groups in total. The molecule has 0 spiro atoms. The summed E-state index contributed by atoms with van der Waals surface area (Å²) in [6.07, 6.45) is 8.38. The monoisotopic (exact) mass is 246 g/mol. The Morgan fingerprint density at radius 2 is 1.94 bits per heavy atom. The van der Waals surface area contributed by atoms with E-state index in [1.165, 1.54) is 32.1 Å². The summed E-state index contributed by atoms with van der Waals surface area (Å²) in [5.74, 6) is 0.992. The lowest BCUT2D eigenvalue weighted by atomic mass is 10.1. The molecule has 1 amide bonds. The van der Waals surface area contributed by atoms with Gasteiger partial charge in [0.05, 0.1) is 0 Å². The van der Waals surface area contributed by atoms with E-state index in [1.54, 1.807) is 0 Å². The molecule has 1 saturated carbocycles. The molecule has 2 aliphatic rings. The van der Waals surface area contributed by atoms with Crippen LogP contribution in [0.25, 0.3) is 0 Å². The first-order valence-electron chi connectivity index (χ1n) is 6.34. The normalized spacial score (nSPS) is 25.4. The Morgan fingerprint density at radius 3 is 2.56 bits per heavy atom. The molecule has 0 aromatic heterocycles. The van der Waals surface area contributed by atoms with E-state index >= 15 is 0 Å². The summed E-state index contributed by atoms with van der Waals surface area (Å²) < 4.78 is 0. The summed E-state index contributed by atoms with van der Waals surface area (Å²) in [6.45, 7) is 1.99. The Kier molecular flexibility index (Phi) is 6.14. The topological polar surface area (TPSA) is 41.1 Å². The number of hydrogen-bond donors (Lipinski definition) is 2. The lowest BCUT2D eigenvalue weighted by Crippen LogP contribution is -2.34. The largest absolute Gasteiger partial charge is 0.356 e. The van der Waals surface area contributed by atoms with Gasteiger partial charge in [0.1, 0.15) is 0 Å². The summed E-state index contributed by atoms with van der Waals surface area (Å²) >= 11 is 0. The quantitative estimate of drug-likeness (QED) is 0.795. The molecule has 0 radical (unpaired) electrons. The van der Waals surface area contributed by atoms with Crippen molar-refractivity contribution in [2.45, 2.75) is 51.0 Å². The van der Waals surface area contributed by atoms with Crippen molar-refractivity contribution in [3.8, 4) is 0 Å². The SMILES string of the molecule is Cl.O=C(CC1CCCN1)NCC1CCCC1. The molecule has 2 rings (SSSR count). The van der Waals surface area contributed by atoms with E-state index in [2.05, 4.69) is 10.6 Å².